The molecule has 3 rings (SSSR count). The third-order valence-corrected chi connectivity index (χ3v) is 5.55. The standard InChI is InChI=1S/C24H32N8O/c1-15(2)18(8-25)7-23(27)31-24-5-4-21-22(30-24)6-19(12-29-21)20(9-26)11-28-10-17-13-32(14-17)16(3)33/h4-9,11-12,15,17,26,28H,10,13-14,25,27H2,1-3H3,(H,30,31)/b18-8+,20-11+,23-7+,26-9?. The summed E-state index contributed by atoms with van der Waals surface area (Å²) < 4.78 is 0. The lowest BCUT2D eigenvalue weighted by atomic mass is 10.0. The average Bonchev–Trinajstić information content (AvgIpc) is 2.75. The largest absolute Gasteiger partial charge is 0.404 e. The molecule has 7 N–H and O–H groups in total. The molecule has 0 bridgehead atoms. The van der Waals surface area contributed by atoms with Crippen LogP contribution >= 0.6 is 0 Å². The fourth-order valence-corrected chi connectivity index (χ4v) is 3.50. The minimum absolute atomic E-state index is 0.110. The molecule has 1 fully saturated rings. The first-order valence-corrected chi connectivity index (χ1v) is 10.9. The van der Waals surface area contributed by atoms with Gasteiger partial charge in [-0.3, -0.25) is 9.78 Å². The van der Waals surface area contributed by atoms with Gasteiger partial charge in [0.15, 0.2) is 0 Å². The predicted molar refractivity (Wildman–Crippen MR) is 133 cm³/mol. The van der Waals surface area contributed by atoms with Gasteiger partial charge in [0.2, 0.25) is 5.91 Å². The second-order valence-corrected chi connectivity index (χ2v) is 8.45. The normalized spacial score (nSPS) is 15.5. The van der Waals surface area contributed by atoms with E-state index in [0.29, 0.717) is 28.6 Å². The van der Waals surface area contributed by atoms with Gasteiger partial charge in [0.05, 0.1) is 11.0 Å². The lowest BCUT2D eigenvalue weighted by Gasteiger charge is -2.38. The zero-order chi connectivity index (χ0) is 24.0. The molecule has 9 nitrogen and oxygen atoms in total. The van der Waals surface area contributed by atoms with Crippen molar-refractivity contribution in [2.45, 2.75) is 20.8 Å². The summed E-state index contributed by atoms with van der Waals surface area (Å²) in [7, 11) is 0. The maximum atomic E-state index is 11.3. The molecule has 0 radical (unpaired) electrons. The quantitative estimate of drug-likeness (QED) is 0.292. The van der Waals surface area contributed by atoms with Crippen LogP contribution < -0.4 is 22.1 Å². The Morgan fingerprint density at radius 1 is 1.33 bits per heavy atom. The summed E-state index contributed by atoms with van der Waals surface area (Å²) in [6.45, 7) is 7.95. The van der Waals surface area contributed by atoms with E-state index in [4.69, 9.17) is 16.9 Å². The van der Waals surface area contributed by atoms with Crippen LogP contribution in [-0.2, 0) is 4.79 Å². The molecule has 0 saturated carbocycles. The number of allylic oxidation sites excluding steroid dienone is 3. The van der Waals surface area contributed by atoms with Gasteiger partial charge < -0.3 is 32.4 Å². The average molecular weight is 449 g/mol. The van der Waals surface area contributed by atoms with Crippen molar-refractivity contribution in [2.75, 3.05) is 25.0 Å². The van der Waals surface area contributed by atoms with Crippen LogP contribution in [0.5, 0.6) is 0 Å². The van der Waals surface area contributed by atoms with Gasteiger partial charge in [-0.2, -0.15) is 0 Å². The number of aromatic nitrogens is 2. The number of anilines is 1. The molecular formula is C24H32N8O. The van der Waals surface area contributed by atoms with E-state index < -0.39 is 0 Å². The van der Waals surface area contributed by atoms with Crippen molar-refractivity contribution in [2.24, 2.45) is 23.3 Å². The Morgan fingerprint density at radius 3 is 2.73 bits per heavy atom. The maximum absolute atomic E-state index is 11.3. The monoisotopic (exact) mass is 448 g/mol. The highest BCUT2D eigenvalue weighted by molar-refractivity contribution is 6.08. The van der Waals surface area contributed by atoms with Crippen molar-refractivity contribution in [3.05, 3.63) is 59.8 Å². The van der Waals surface area contributed by atoms with Gasteiger partial charge >= 0.3 is 0 Å². The fourth-order valence-electron chi connectivity index (χ4n) is 3.50. The summed E-state index contributed by atoms with van der Waals surface area (Å²) in [5.41, 5.74) is 15.6. The fraction of sp³-hybridized carbons (Fsp3) is 0.333. The Morgan fingerprint density at radius 2 is 2.09 bits per heavy atom. The second kappa shape index (κ2) is 10.6. The molecule has 174 valence electrons. The number of amides is 1. The minimum Gasteiger partial charge on any atom is -0.404 e. The Balaban J connectivity index is 1.71. The predicted octanol–water partition coefficient (Wildman–Crippen LogP) is 2.40. The Bertz CT molecular complexity index is 1110. The number of nitrogens with one attached hydrogen (secondary N) is 3. The highest BCUT2D eigenvalue weighted by atomic mass is 16.2. The molecule has 33 heavy (non-hydrogen) atoms. The van der Waals surface area contributed by atoms with E-state index >= 15 is 0 Å². The van der Waals surface area contributed by atoms with Crippen LogP contribution in [0.3, 0.4) is 0 Å². The lowest BCUT2D eigenvalue weighted by molar-refractivity contribution is -0.134. The molecule has 1 aliphatic rings. The Labute approximate surface area is 194 Å². The van der Waals surface area contributed by atoms with Crippen LogP contribution in [-0.4, -0.2) is 46.6 Å². The highest BCUT2D eigenvalue weighted by Gasteiger charge is 2.27. The van der Waals surface area contributed by atoms with E-state index in [-0.39, 0.29) is 11.8 Å². The molecule has 0 aromatic carbocycles. The molecule has 9 heteroatoms. The molecule has 1 saturated heterocycles. The third kappa shape index (κ3) is 6.09. The van der Waals surface area contributed by atoms with Gasteiger partial charge in [0.25, 0.3) is 0 Å². The van der Waals surface area contributed by atoms with Gasteiger partial charge in [-0.1, -0.05) is 13.8 Å². The first-order valence-electron chi connectivity index (χ1n) is 10.9. The number of nitrogens with zero attached hydrogens (tertiary/aromatic N) is 3. The first-order chi connectivity index (χ1) is 15.8. The molecular weight excluding hydrogens is 416 g/mol. The number of fused-ring (bicyclic) bond motifs is 1. The summed E-state index contributed by atoms with van der Waals surface area (Å²) >= 11 is 0. The van der Waals surface area contributed by atoms with Gasteiger partial charge in [0, 0.05) is 62.2 Å². The molecule has 2 aromatic heterocycles. The van der Waals surface area contributed by atoms with Crippen molar-refractivity contribution in [3.8, 4) is 0 Å². The number of pyridine rings is 2. The number of carbonyl (C=O) groups is 1. The van der Waals surface area contributed by atoms with Gasteiger partial charge in [-0.25, -0.2) is 4.98 Å². The molecule has 3 heterocycles. The van der Waals surface area contributed by atoms with Crippen molar-refractivity contribution in [1.82, 2.24) is 20.2 Å². The number of nitrogens with two attached hydrogens (primary N) is 2. The van der Waals surface area contributed by atoms with E-state index in [0.717, 1.165) is 36.3 Å². The van der Waals surface area contributed by atoms with E-state index in [1.54, 1.807) is 25.4 Å². The van der Waals surface area contributed by atoms with E-state index in [2.05, 4.69) is 20.6 Å². The molecule has 1 amide bonds. The van der Waals surface area contributed by atoms with Gasteiger partial charge in [-0.05, 0) is 42.0 Å². The molecule has 0 aliphatic carbocycles. The van der Waals surface area contributed by atoms with Crippen molar-refractivity contribution in [1.29, 1.82) is 5.41 Å². The van der Waals surface area contributed by atoms with E-state index in [9.17, 15) is 4.79 Å². The molecule has 0 atom stereocenters. The summed E-state index contributed by atoms with van der Waals surface area (Å²) in [6.07, 6.45) is 8.17. The van der Waals surface area contributed by atoms with Crippen LogP contribution in [0.2, 0.25) is 0 Å². The van der Waals surface area contributed by atoms with Crippen molar-refractivity contribution >= 4 is 34.5 Å². The summed E-state index contributed by atoms with van der Waals surface area (Å²) in [5, 5.41) is 14.2. The molecule has 1 aliphatic heterocycles. The second-order valence-electron chi connectivity index (χ2n) is 8.45. The first kappa shape index (κ1) is 23.8. The zero-order valence-electron chi connectivity index (χ0n) is 19.3. The van der Waals surface area contributed by atoms with Crippen LogP contribution in [0.25, 0.3) is 16.6 Å². The zero-order valence-corrected chi connectivity index (χ0v) is 19.3. The summed E-state index contributed by atoms with van der Waals surface area (Å²) in [6, 6.07) is 5.58. The third-order valence-electron chi connectivity index (χ3n) is 5.55. The summed E-state index contributed by atoms with van der Waals surface area (Å²) in [5.74, 6) is 1.82. The van der Waals surface area contributed by atoms with E-state index in [1.807, 2.05) is 43.1 Å². The number of hydrogen-bond acceptors (Lipinski definition) is 8. The Kier molecular flexibility index (Phi) is 7.66. The number of carbonyl (C=O) groups excluding carboxylic acids is 1. The smallest absolute Gasteiger partial charge is 0.219 e. The van der Waals surface area contributed by atoms with Crippen molar-refractivity contribution in [3.63, 3.8) is 0 Å². The molecule has 0 unspecified atom stereocenters. The van der Waals surface area contributed by atoms with E-state index in [1.165, 1.54) is 6.21 Å². The van der Waals surface area contributed by atoms with Crippen LogP contribution in [0, 0.1) is 17.2 Å². The van der Waals surface area contributed by atoms with Gasteiger partial charge in [-0.15, -0.1) is 0 Å². The number of rotatable bonds is 9. The molecule has 2 aromatic rings. The minimum atomic E-state index is 0.110. The lowest BCUT2D eigenvalue weighted by Crippen LogP contribution is -2.52. The van der Waals surface area contributed by atoms with Crippen LogP contribution in [0.15, 0.2) is 54.3 Å². The van der Waals surface area contributed by atoms with Crippen LogP contribution in [0.1, 0.15) is 26.3 Å². The van der Waals surface area contributed by atoms with Crippen molar-refractivity contribution < 1.29 is 4.79 Å². The number of likely N-dealkylation sites (tertiary alicyclic amines) is 1. The summed E-state index contributed by atoms with van der Waals surface area (Å²) in [4.78, 5) is 22.2. The topological polar surface area (TPSA) is 146 Å². The van der Waals surface area contributed by atoms with Gasteiger partial charge in [0.1, 0.15) is 11.6 Å². The Hall–Kier alpha value is -3.88. The number of hydrogen-bond donors (Lipinski definition) is 5. The maximum Gasteiger partial charge on any atom is 0.219 e. The highest BCUT2D eigenvalue weighted by Crippen LogP contribution is 2.20. The van der Waals surface area contributed by atoms with Crippen LogP contribution in [0.4, 0.5) is 5.82 Å². The molecule has 0 spiro atoms. The SMILES string of the molecule is CC(=O)N1CC(CN/C=C(\C=N)c2cnc3ccc(N/C(N)=C/C(=C\N)C(C)C)nc3c2)C1.